The lowest BCUT2D eigenvalue weighted by Crippen LogP contribution is -2.30. The largest absolute Gasteiger partial charge is 0.236 e. The van der Waals surface area contributed by atoms with Crippen LogP contribution >= 0.6 is 11.3 Å². The van der Waals surface area contributed by atoms with Gasteiger partial charge >= 0.3 is 0 Å². The van der Waals surface area contributed by atoms with Gasteiger partial charge in [-0.2, -0.15) is 15.6 Å². The fourth-order valence-electron chi connectivity index (χ4n) is 2.16. The van der Waals surface area contributed by atoms with Crippen LogP contribution in [0.2, 0.25) is 0 Å². The van der Waals surface area contributed by atoms with Crippen molar-refractivity contribution in [1.29, 1.82) is 0 Å². The summed E-state index contributed by atoms with van der Waals surface area (Å²) < 4.78 is 26.7. The average molecular weight is 319 g/mol. The van der Waals surface area contributed by atoms with Crippen molar-refractivity contribution in [1.82, 2.24) is 4.31 Å². The van der Waals surface area contributed by atoms with Gasteiger partial charge in [0.25, 0.3) is 0 Å². The third kappa shape index (κ3) is 3.81. The van der Waals surface area contributed by atoms with Gasteiger partial charge in [0.15, 0.2) is 0 Å². The first-order valence-electron chi connectivity index (χ1n) is 6.91. The zero-order valence-corrected chi connectivity index (χ0v) is 13.2. The zero-order chi connectivity index (χ0) is 14.7. The Morgan fingerprint density at radius 2 is 1.95 bits per heavy atom. The molecule has 0 saturated heterocycles. The van der Waals surface area contributed by atoms with Gasteiger partial charge in [-0.05, 0) is 46.9 Å². The van der Waals surface area contributed by atoms with Crippen LogP contribution in [0.5, 0.6) is 0 Å². The Kier molecular flexibility index (Phi) is 4.24. The van der Waals surface area contributed by atoms with Crippen molar-refractivity contribution >= 4 is 27.4 Å². The summed E-state index contributed by atoms with van der Waals surface area (Å²) in [6.07, 6.45) is 3.59. The smallest absolute Gasteiger partial charge is 0.207 e. The Labute approximate surface area is 129 Å². The van der Waals surface area contributed by atoms with Gasteiger partial charge in [-0.3, -0.25) is 0 Å². The molecule has 5 heteroatoms. The molecule has 1 aromatic heterocycles. The van der Waals surface area contributed by atoms with E-state index in [1.165, 1.54) is 5.41 Å². The predicted octanol–water partition coefficient (Wildman–Crippen LogP) is 3.71. The van der Waals surface area contributed by atoms with Crippen LogP contribution in [0.4, 0.5) is 0 Å². The Morgan fingerprint density at radius 1 is 1.19 bits per heavy atom. The van der Waals surface area contributed by atoms with Crippen molar-refractivity contribution in [2.45, 2.75) is 25.4 Å². The molecule has 0 N–H and O–H groups in total. The predicted molar refractivity (Wildman–Crippen MR) is 87.3 cm³/mol. The van der Waals surface area contributed by atoms with E-state index < -0.39 is 10.0 Å². The van der Waals surface area contributed by atoms with Crippen LogP contribution in [0.15, 0.2) is 52.6 Å². The van der Waals surface area contributed by atoms with Crippen LogP contribution in [0.1, 0.15) is 24.0 Å². The van der Waals surface area contributed by atoms with E-state index in [9.17, 15) is 8.42 Å². The van der Waals surface area contributed by atoms with Crippen LogP contribution in [-0.4, -0.2) is 18.8 Å². The van der Waals surface area contributed by atoms with Gasteiger partial charge in [0.1, 0.15) is 0 Å². The second kappa shape index (κ2) is 6.13. The molecule has 21 heavy (non-hydrogen) atoms. The summed E-state index contributed by atoms with van der Waals surface area (Å²) in [6.45, 7) is 0.468. The summed E-state index contributed by atoms with van der Waals surface area (Å²) in [4.78, 5) is 0. The maximum absolute atomic E-state index is 12.6. The van der Waals surface area contributed by atoms with Gasteiger partial charge < -0.3 is 0 Å². The average Bonchev–Trinajstić information content (AvgIpc) is 3.19. The maximum Gasteiger partial charge on any atom is 0.236 e. The second-order valence-corrected chi connectivity index (χ2v) is 7.72. The third-order valence-electron chi connectivity index (χ3n) is 3.43. The summed E-state index contributed by atoms with van der Waals surface area (Å²) in [5.41, 5.74) is 1.95. The summed E-state index contributed by atoms with van der Waals surface area (Å²) in [5.74, 6) is 0. The van der Waals surface area contributed by atoms with Crippen LogP contribution in [0.3, 0.4) is 0 Å². The van der Waals surface area contributed by atoms with Gasteiger partial charge in [-0.25, -0.2) is 8.42 Å². The molecule has 1 heterocycles. The summed E-state index contributed by atoms with van der Waals surface area (Å²) in [5, 5.41) is 5.31. The first-order chi connectivity index (χ1) is 10.1. The molecular formula is C16H17NO2S2. The van der Waals surface area contributed by atoms with Gasteiger partial charge in [-0.1, -0.05) is 30.3 Å². The second-order valence-electron chi connectivity index (χ2n) is 5.17. The highest BCUT2D eigenvalue weighted by atomic mass is 32.2. The third-order valence-corrected chi connectivity index (χ3v) is 5.72. The van der Waals surface area contributed by atoms with E-state index in [0.29, 0.717) is 6.54 Å². The Balaban J connectivity index is 1.79. The Morgan fingerprint density at radius 3 is 2.57 bits per heavy atom. The topological polar surface area (TPSA) is 37.4 Å². The molecule has 0 unspecified atom stereocenters. The molecule has 0 bridgehead atoms. The molecule has 1 aliphatic rings. The number of rotatable bonds is 6. The molecule has 0 amide bonds. The normalized spacial score (nSPS) is 15.9. The molecule has 0 atom stereocenters. The van der Waals surface area contributed by atoms with Crippen molar-refractivity contribution in [2.24, 2.45) is 0 Å². The molecule has 110 valence electrons. The van der Waals surface area contributed by atoms with Crippen molar-refractivity contribution < 1.29 is 8.42 Å². The van der Waals surface area contributed by atoms with E-state index in [4.69, 9.17) is 0 Å². The maximum atomic E-state index is 12.6. The Hall–Kier alpha value is -1.43. The minimum Gasteiger partial charge on any atom is -0.207 e. The number of nitrogens with zero attached hydrogens (tertiary/aromatic N) is 1. The number of thiophene rings is 1. The number of hydrogen-bond acceptors (Lipinski definition) is 3. The van der Waals surface area contributed by atoms with Crippen molar-refractivity contribution in [2.75, 3.05) is 0 Å². The van der Waals surface area contributed by atoms with Gasteiger partial charge in [-0.15, -0.1) is 0 Å². The lowest BCUT2D eigenvalue weighted by molar-refractivity contribution is 0.405. The Bertz CT molecular complexity index is 702. The van der Waals surface area contributed by atoms with E-state index in [1.54, 1.807) is 21.7 Å². The van der Waals surface area contributed by atoms with Gasteiger partial charge in [0.2, 0.25) is 10.0 Å². The van der Waals surface area contributed by atoms with Crippen LogP contribution in [0.25, 0.3) is 6.08 Å². The molecule has 0 radical (unpaired) electrons. The molecule has 1 aliphatic carbocycles. The van der Waals surface area contributed by atoms with Gasteiger partial charge in [0.05, 0.1) is 0 Å². The first kappa shape index (κ1) is 14.5. The van der Waals surface area contributed by atoms with Crippen molar-refractivity contribution in [3.63, 3.8) is 0 Å². The molecule has 0 aliphatic heterocycles. The fraction of sp³-hybridized carbons (Fsp3) is 0.250. The highest BCUT2D eigenvalue weighted by Gasteiger charge is 2.35. The van der Waals surface area contributed by atoms with Crippen molar-refractivity contribution in [3.8, 4) is 0 Å². The number of sulfonamides is 1. The molecule has 0 spiro atoms. The monoisotopic (exact) mass is 319 g/mol. The summed E-state index contributed by atoms with van der Waals surface area (Å²) in [7, 11) is -3.38. The van der Waals surface area contributed by atoms with E-state index in [-0.39, 0.29) is 6.04 Å². The zero-order valence-electron chi connectivity index (χ0n) is 11.6. The number of benzene rings is 1. The molecule has 1 saturated carbocycles. The number of hydrogen-bond donors (Lipinski definition) is 0. The van der Waals surface area contributed by atoms with Crippen LogP contribution < -0.4 is 0 Å². The van der Waals surface area contributed by atoms with Gasteiger partial charge in [0, 0.05) is 18.0 Å². The molecule has 3 nitrogen and oxygen atoms in total. The minimum atomic E-state index is -3.38. The lowest BCUT2D eigenvalue weighted by Gasteiger charge is -2.19. The van der Waals surface area contributed by atoms with E-state index in [0.717, 1.165) is 24.0 Å². The first-order valence-corrected chi connectivity index (χ1v) is 9.36. The fourth-order valence-corrected chi connectivity index (χ4v) is 4.26. The lowest BCUT2D eigenvalue weighted by atomic mass is 10.2. The van der Waals surface area contributed by atoms with E-state index >= 15 is 0 Å². The van der Waals surface area contributed by atoms with Crippen LogP contribution in [-0.2, 0) is 16.6 Å². The molecule has 2 aromatic rings. The quantitative estimate of drug-likeness (QED) is 0.814. The highest BCUT2D eigenvalue weighted by molar-refractivity contribution is 7.92. The molecule has 1 aromatic carbocycles. The minimum absolute atomic E-state index is 0.162. The van der Waals surface area contributed by atoms with Crippen LogP contribution in [0, 0.1) is 0 Å². The van der Waals surface area contributed by atoms with E-state index in [2.05, 4.69) is 0 Å². The molecular weight excluding hydrogens is 302 g/mol. The SMILES string of the molecule is O=S(=O)(/C=C/c1ccccc1)N(Cc1ccsc1)C1CC1. The molecule has 1 fully saturated rings. The molecule has 3 rings (SSSR count). The summed E-state index contributed by atoms with van der Waals surface area (Å²) in [6, 6.07) is 11.6. The standard InChI is InChI=1S/C16H17NO2S2/c18-21(19,11-9-14-4-2-1-3-5-14)17(16-6-7-16)12-15-8-10-20-13-15/h1-5,8-11,13,16H,6-7,12H2/b11-9+. The van der Waals surface area contributed by atoms with Crippen molar-refractivity contribution in [3.05, 3.63) is 63.7 Å². The van der Waals surface area contributed by atoms with E-state index in [1.807, 2.05) is 47.2 Å². The summed E-state index contributed by atoms with van der Waals surface area (Å²) >= 11 is 1.60. The highest BCUT2D eigenvalue weighted by Crippen LogP contribution is 2.31.